The maximum Gasteiger partial charge on any atom is 0.250 e. The molecule has 0 aliphatic carbocycles. The number of amides is 1. The summed E-state index contributed by atoms with van der Waals surface area (Å²) in [6.07, 6.45) is 3.18. The summed E-state index contributed by atoms with van der Waals surface area (Å²) in [5.74, 6) is -0.374. The van der Waals surface area contributed by atoms with Crippen LogP contribution < -0.4 is 5.73 Å². The first-order valence-corrected chi connectivity index (χ1v) is 11.3. The van der Waals surface area contributed by atoms with Gasteiger partial charge in [-0.3, -0.25) is 13.9 Å². The number of rotatable bonds is 3. The highest BCUT2D eigenvalue weighted by Crippen LogP contribution is 2.61. The normalized spacial score (nSPS) is 21.8. The third-order valence-corrected chi connectivity index (χ3v) is 8.82. The monoisotopic (exact) mass is 416 g/mol. The molecule has 29 heavy (non-hydrogen) atoms. The van der Waals surface area contributed by atoms with E-state index >= 15 is 0 Å². The molecule has 1 saturated heterocycles. The van der Waals surface area contributed by atoms with E-state index < -0.39 is 21.2 Å². The second-order valence-electron chi connectivity index (χ2n) is 8.38. The lowest BCUT2D eigenvalue weighted by atomic mass is 9.86. The molecule has 0 bridgehead atoms. The van der Waals surface area contributed by atoms with Crippen LogP contribution in [0.4, 0.5) is 4.39 Å². The van der Waals surface area contributed by atoms with E-state index in [-0.39, 0.29) is 11.7 Å². The predicted octanol–water partition coefficient (Wildman–Crippen LogP) is 5.48. The zero-order chi connectivity index (χ0) is 21.0. The first-order valence-electron chi connectivity index (χ1n) is 9.55. The van der Waals surface area contributed by atoms with Crippen LogP contribution in [0.2, 0.25) is 0 Å². The SMILES string of the molecule is CC1(C)CC(c2c[nH]c3c(C(N)=O)cc(-c4ccc(F)cc4)cc23)CCS1(O)O. The van der Waals surface area contributed by atoms with Gasteiger partial charge in [0.15, 0.2) is 0 Å². The Bertz CT molecular complexity index is 1090. The summed E-state index contributed by atoms with van der Waals surface area (Å²) in [7, 11) is -2.63. The van der Waals surface area contributed by atoms with Crippen molar-refractivity contribution in [3.63, 3.8) is 0 Å². The molecule has 0 radical (unpaired) electrons. The van der Waals surface area contributed by atoms with E-state index in [0.29, 0.717) is 29.7 Å². The second kappa shape index (κ2) is 6.86. The molecule has 154 valence electrons. The summed E-state index contributed by atoms with van der Waals surface area (Å²) in [6, 6.07) is 9.82. The van der Waals surface area contributed by atoms with E-state index in [1.54, 1.807) is 18.2 Å². The van der Waals surface area contributed by atoms with Gasteiger partial charge in [-0.2, -0.15) is 10.6 Å². The van der Waals surface area contributed by atoms with Crippen molar-refractivity contribution in [1.29, 1.82) is 0 Å². The predicted molar refractivity (Wildman–Crippen MR) is 116 cm³/mol. The molecule has 0 spiro atoms. The highest BCUT2D eigenvalue weighted by atomic mass is 32.3. The van der Waals surface area contributed by atoms with Crippen LogP contribution in [-0.2, 0) is 0 Å². The highest BCUT2D eigenvalue weighted by Gasteiger charge is 2.41. The Morgan fingerprint density at radius 3 is 2.52 bits per heavy atom. The molecule has 1 aliphatic rings. The van der Waals surface area contributed by atoms with Crippen LogP contribution in [0.5, 0.6) is 0 Å². The summed E-state index contributed by atoms with van der Waals surface area (Å²) >= 11 is 0. The average molecular weight is 417 g/mol. The standard InChI is InChI=1S/C22H25FN2O3S/c1-22(2)11-14(7-8-29(22,27)28)19-12-25-20-17(19)9-15(10-18(20)21(24)26)13-3-5-16(23)6-4-13/h3-6,9-10,12,14,25,27-28H,7-8,11H2,1-2H3,(H2,24,26). The van der Waals surface area contributed by atoms with Gasteiger partial charge in [0.05, 0.1) is 15.8 Å². The van der Waals surface area contributed by atoms with Crippen molar-refractivity contribution in [1.82, 2.24) is 4.98 Å². The molecular formula is C22H25FN2O3S. The number of fused-ring (bicyclic) bond motifs is 1. The fourth-order valence-electron chi connectivity index (χ4n) is 4.27. The summed E-state index contributed by atoms with van der Waals surface area (Å²) in [6.45, 7) is 3.78. The first-order chi connectivity index (χ1) is 13.6. The summed E-state index contributed by atoms with van der Waals surface area (Å²) in [5.41, 5.74) is 9.30. The molecule has 0 saturated carbocycles. The number of nitrogens with two attached hydrogens (primary N) is 1. The maximum atomic E-state index is 13.3. The minimum atomic E-state index is -2.63. The van der Waals surface area contributed by atoms with Crippen molar-refractivity contribution in [3.05, 3.63) is 59.5 Å². The number of halogens is 1. The number of primary amides is 1. The van der Waals surface area contributed by atoms with Crippen LogP contribution in [0.1, 0.15) is 48.5 Å². The van der Waals surface area contributed by atoms with Gasteiger partial charge in [0.2, 0.25) is 0 Å². The van der Waals surface area contributed by atoms with Gasteiger partial charge in [-0.25, -0.2) is 4.39 Å². The average Bonchev–Trinajstić information content (AvgIpc) is 3.07. The molecule has 2 aromatic carbocycles. The molecule has 1 atom stereocenters. The largest absolute Gasteiger partial charge is 0.366 e. The van der Waals surface area contributed by atoms with Crippen LogP contribution in [0.15, 0.2) is 42.6 Å². The van der Waals surface area contributed by atoms with Crippen LogP contribution in [0.3, 0.4) is 0 Å². The molecule has 3 aromatic rings. The van der Waals surface area contributed by atoms with Gasteiger partial charge < -0.3 is 10.7 Å². The molecule has 5 nitrogen and oxygen atoms in total. The lowest BCUT2D eigenvalue weighted by Gasteiger charge is -2.52. The first kappa shape index (κ1) is 19.9. The fourth-order valence-corrected chi connectivity index (χ4v) is 5.91. The smallest absolute Gasteiger partial charge is 0.250 e. The number of aromatic amines is 1. The lowest BCUT2D eigenvalue weighted by molar-refractivity contribution is 0.100. The Labute approximate surface area is 170 Å². The van der Waals surface area contributed by atoms with Crippen molar-refractivity contribution in [2.24, 2.45) is 5.73 Å². The zero-order valence-electron chi connectivity index (χ0n) is 16.4. The summed E-state index contributed by atoms with van der Waals surface area (Å²) in [4.78, 5) is 15.3. The molecule has 1 aliphatic heterocycles. The van der Waals surface area contributed by atoms with Crippen LogP contribution in [-0.4, -0.2) is 30.5 Å². The minimum Gasteiger partial charge on any atom is -0.366 e. The molecule has 7 heteroatoms. The van der Waals surface area contributed by atoms with E-state index in [4.69, 9.17) is 5.73 Å². The topological polar surface area (TPSA) is 99.3 Å². The third-order valence-electron chi connectivity index (χ3n) is 6.08. The van der Waals surface area contributed by atoms with Crippen LogP contribution >= 0.6 is 10.6 Å². The minimum absolute atomic E-state index is 0.128. The van der Waals surface area contributed by atoms with Gasteiger partial charge >= 0.3 is 0 Å². The lowest BCUT2D eigenvalue weighted by Crippen LogP contribution is -2.36. The zero-order valence-corrected chi connectivity index (χ0v) is 17.2. The van der Waals surface area contributed by atoms with Gasteiger partial charge in [0, 0.05) is 17.3 Å². The van der Waals surface area contributed by atoms with Crippen LogP contribution in [0, 0.1) is 5.82 Å². The van der Waals surface area contributed by atoms with Crippen molar-refractivity contribution < 1.29 is 18.3 Å². The number of carbonyl (C=O) groups excluding carboxylic acids is 1. The summed E-state index contributed by atoms with van der Waals surface area (Å²) < 4.78 is 33.6. The second-order valence-corrected chi connectivity index (χ2v) is 11.2. The van der Waals surface area contributed by atoms with Gasteiger partial charge in [-0.15, -0.1) is 0 Å². The Hall–Kier alpha value is -2.35. The Balaban J connectivity index is 1.84. The Morgan fingerprint density at radius 2 is 1.90 bits per heavy atom. The van der Waals surface area contributed by atoms with Gasteiger partial charge in [0.1, 0.15) is 5.82 Å². The Morgan fingerprint density at radius 1 is 1.21 bits per heavy atom. The molecule has 1 unspecified atom stereocenters. The van der Waals surface area contributed by atoms with E-state index in [1.165, 1.54) is 12.1 Å². The third kappa shape index (κ3) is 3.43. The van der Waals surface area contributed by atoms with E-state index in [1.807, 2.05) is 26.1 Å². The molecule has 1 fully saturated rings. The number of nitrogens with one attached hydrogen (secondary N) is 1. The molecule has 4 rings (SSSR count). The number of aromatic nitrogens is 1. The van der Waals surface area contributed by atoms with Crippen molar-refractivity contribution in [2.45, 2.75) is 37.4 Å². The number of hydrogen-bond donors (Lipinski definition) is 4. The fraction of sp³-hybridized carbons (Fsp3) is 0.318. The molecule has 2 heterocycles. The number of benzene rings is 2. The number of H-pyrrole nitrogens is 1. The van der Waals surface area contributed by atoms with Crippen molar-refractivity contribution in [2.75, 3.05) is 5.75 Å². The molecular weight excluding hydrogens is 391 g/mol. The molecule has 5 N–H and O–H groups in total. The van der Waals surface area contributed by atoms with Crippen LogP contribution in [0.25, 0.3) is 22.0 Å². The van der Waals surface area contributed by atoms with Gasteiger partial charge in [-0.1, -0.05) is 12.1 Å². The van der Waals surface area contributed by atoms with Crippen molar-refractivity contribution >= 4 is 27.4 Å². The van der Waals surface area contributed by atoms with E-state index in [9.17, 15) is 18.3 Å². The quantitative estimate of drug-likeness (QED) is 0.455. The maximum absolute atomic E-state index is 13.3. The van der Waals surface area contributed by atoms with Gasteiger partial charge in [-0.05, 0) is 73.6 Å². The van der Waals surface area contributed by atoms with E-state index in [2.05, 4.69) is 4.98 Å². The van der Waals surface area contributed by atoms with E-state index in [0.717, 1.165) is 22.1 Å². The van der Waals surface area contributed by atoms with Gasteiger partial charge in [0.25, 0.3) is 5.91 Å². The number of carbonyl (C=O) groups is 1. The number of hydrogen-bond acceptors (Lipinski definition) is 3. The van der Waals surface area contributed by atoms with Crippen molar-refractivity contribution in [3.8, 4) is 11.1 Å². The Kier molecular flexibility index (Phi) is 4.72. The summed E-state index contributed by atoms with van der Waals surface area (Å²) in [5, 5.41) is 0.889. The molecule has 1 amide bonds. The molecule has 1 aromatic heterocycles. The highest BCUT2D eigenvalue weighted by molar-refractivity contribution is 8.25.